The fraction of sp³-hybridized carbons (Fsp3) is 0.111. The molecule has 0 aliphatic heterocycles. The van der Waals surface area contributed by atoms with E-state index in [1.807, 2.05) is 0 Å². The molecule has 0 bridgehead atoms. The third kappa shape index (κ3) is 4.44. The molecule has 0 aromatic heterocycles. The number of rotatable bonds is 4. The van der Waals surface area contributed by atoms with Crippen molar-refractivity contribution in [2.24, 2.45) is 0 Å². The zero-order chi connectivity index (χ0) is 16.8. The SMILES string of the molecule is CN(C)C(=O)Oc1cccc(/C=C/C(=O)c2ccccc2O)c1. The molecule has 0 fully saturated rings. The van der Waals surface area contributed by atoms with Gasteiger partial charge in [0.25, 0.3) is 0 Å². The number of ketones is 1. The molecule has 118 valence electrons. The molecule has 0 aliphatic rings. The van der Waals surface area contributed by atoms with Crippen LogP contribution in [0.5, 0.6) is 11.5 Å². The number of nitrogens with zero attached hydrogens (tertiary/aromatic N) is 1. The minimum absolute atomic E-state index is 0.0594. The first kappa shape index (κ1) is 16.3. The lowest BCUT2D eigenvalue weighted by molar-refractivity contribution is 0.104. The number of allylic oxidation sites excluding steroid dienone is 1. The Labute approximate surface area is 134 Å². The van der Waals surface area contributed by atoms with Crippen LogP contribution in [0.25, 0.3) is 6.08 Å². The second kappa shape index (κ2) is 7.26. The van der Waals surface area contributed by atoms with Gasteiger partial charge in [0.2, 0.25) is 0 Å². The highest BCUT2D eigenvalue weighted by Crippen LogP contribution is 2.18. The van der Waals surface area contributed by atoms with Crippen molar-refractivity contribution >= 4 is 18.0 Å². The van der Waals surface area contributed by atoms with Gasteiger partial charge in [0, 0.05) is 14.1 Å². The summed E-state index contributed by atoms with van der Waals surface area (Å²) in [5.41, 5.74) is 0.941. The maximum atomic E-state index is 12.1. The van der Waals surface area contributed by atoms with Crippen LogP contribution < -0.4 is 4.74 Å². The van der Waals surface area contributed by atoms with E-state index in [9.17, 15) is 14.7 Å². The zero-order valence-electron chi connectivity index (χ0n) is 12.9. The maximum absolute atomic E-state index is 12.1. The van der Waals surface area contributed by atoms with Crippen LogP contribution in [0.1, 0.15) is 15.9 Å². The van der Waals surface area contributed by atoms with Crippen LogP contribution in [0.4, 0.5) is 4.79 Å². The molecule has 0 heterocycles. The Hall–Kier alpha value is -3.08. The number of phenolic OH excluding ortho intramolecular Hbond substituents is 1. The average Bonchev–Trinajstić information content (AvgIpc) is 2.53. The van der Waals surface area contributed by atoms with Crippen molar-refractivity contribution in [2.45, 2.75) is 0 Å². The Balaban J connectivity index is 2.12. The lowest BCUT2D eigenvalue weighted by Gasteiger charge is -2.10. The summed E-state index contributed by atoms with van der Waals surface area (Å²) in [6.45, 7) is 0. The van der Waals surface area contributed by atoms with Crippen molar-refractivity contribution in [3.05, 3.63) is 65.7 Å². The molecular weight excluding hydrogens is 294 g/mol. The molecule has 2 rings (SSSR count). The number of phenols is 1. The molecule has 5 heteroatoms. The van der Waals surface area contributed by atoms with E-state index in [4.69, 9.17) is 4.74 Å². The van der Waals surface area contributed by atoms with Gasteiger partial charge in [-0.1, -0.05) is 30.3 Å². The molecule has 5 nitrogen and oxygen atoms in total. The highest BCUT2D eigenvalue weighted by molar-refractivity contribution is 6.08. The zero-order valence-corrected chi connectivity index (χ0v) is 12.9. The molecule has 0 saturated heterocycles. The van der Waals surface area contributed by atoms with Gasteiger partial charge in [-0.25, -0.2) is 4.79 Å². The summed E-state index contributed by atoms with van der Waals surface area (Å²) < 4.78 is 5.16. The van der Waals surface area contributed by atoms with Crippen LogP contribution in [0, 0.1) is 0 Å². The van der Waals surface area contributed by atoms with Gasteiger partial charge in [-0.15, -0.1) is 0 Å². The average molecular weight is 311 g/mol. The molecule has 2 aromatic rings. The fourth-order valence-corrected chi connectivity index (χ4v) is 1.82. The van der Waals surface area contributed by atoms with E-state index in [-0.39, 0.29) is 17.1 Å². The van der Waals surface area contributed by atoms with Crippen molar-refractivity contribution in [1.82, 2.24) is 4.90 Å². The molecule has 0 atom stereocenters. The number of hydrogen-bond donors (Lipinski definition) is 1. The van der Waals surface area contributed by atoms with Crippen molar-refractivity contribution in [2.75, 3.05) is 14.1 Å². The second-order valence-corrected chi connectivity index (χ2v) is 5.05. The monoisotopic (exact) mass is 311 g/mol. The highest BCUT2D eigenvalue weighted by atomic mass is 16.6. The topological polar surface area (TPSA) is 66.8 Å². The molecule has 1 N–H and O–H groups in total. The van der Waals surface area contributed by atoms with Crippen molar-refractivity contribution in [3.63, 3.8) is 0 Å². The fourth-order valence-electron chi connectivity index (χ4n) is 1.82. The third-order valence-corrected chi connectivity index (χ3v) is 3.03. The van der Waals surface area contributed by atoms with Crippen molar-refractivity contribution < 1.29 is 19.4 Å². The minimum atomic E-state index is -0.476. The predicted molar refractivity (Wildman–Crippen MR) is 87.6 cm³/mol. The molecule has 0 aliphatic carbocycles. The van der Waals surface area contributed by atoms with E-state index in [0.29, 0.717) is 11.3 Å². The third-order valence-electron chi connectivity index (χ3n) is 3.03. The summed E-state index contributed by atoms with van der Waals surface area (Å²) in [5, 5.41) is 9.66. The summed E-state index contributed by atoms with van der Waals surface area (Å²) >= 11 is 0. The second-order valence-electron chi connectivity index (χ2n) is 5.05. The number of carbonyl (C=O) groups is 2. The van der Waals surface area contributed by atoms with Gasteiger partial charge in [0.1, 0.15) is 11.5 Å². The van der Waals surface area contributed by atoms with Crippen LogP contribution in [0.15, 0.2) is 54.6 Å². The number of carbonyl (C=O) groups excluding carboxylic acids is 2. The Morgan fingerprint density at radius 1 is 1.09 bits per heavy atom. The number of benzene rings is 2. The predicted octanol–water partition coefficient (Wildman–Crippen LogP) is 3.35. The summed E-state index contributed by atoms with van der Waals surface area (Å²) in [4.78, 5) is 24.9. The van der Waals surface area contributed by atoms with E-state index in [1.54, 1.807) is 62.6 Å². The maximum Gasteiger partial charge on any atom is 0.414 e. The number of hydrogen-bond acceptors (Lipinski definition) is 4. The van der Waals surface area contributed by atoms with Crippen LogP contribution >= 0.6 is 0 Å². The van der Waals surface area contributed by atoms with E-state index >= 15 is 0 Å². The lowest BCUT2D eigenvalue weighted by Crippen LogP contribution is -2.25. The largest absolute Gasteiger partial charge is 0.507 e. The van der Waals surface area contributed by atoms with Crippen molar-refractivity contribution in [1.29, 1.82) is 0 Å². The molecular formula is C18H17NO4. The van der Waals surface area contributed by atoms with Gasteiger partial charge in [0.15, 0.2) is 5.78 Å². The lowest BCUT2D eigenvalue weighted by atomic mass is 10.1. The molecule has 0 saturated carbocycles. The van der Waals surface area contributed by atoms with Crippen molar-refractivity contribution in [3.8, 4) is 11.5 Å². The molecule has 2 aromatic carbocycles. The molecule has 0 spiro atoms. The number of para-hydroxylation sites is 1. The van der Waals surface area contributed by atoms with Crippen LogP contribution in [-0.2, 0) is 0 Å². The van der Waals surface area contributed by atoms with Gasteiger partial charge >= 0.3 is 6.09 Å². The molecule has 0 unspecified atom stereocenters. The summed E-state index contributed by atoms with van der Waals surface area (Å²) in [6, 6.07) is 13.2. The Morgan fingerprint density at radius 2 is 1.83 bits per heavy atom. The van der Waals surface area contributed by atoms with E-state index in [1.165, 1.54) is 17.0 Å². The molecule has 0 radical (unpaired) electrons. The number of aromatic hydroxyl groups is 1. The smallest absolute Gasteiger partial charge is 0.414 e. The molecule has 23 heavy (non-hydrogen) atoms. The Morgan fingerprint density at radius 3 is 2.52 bits per heavy atom. The Bertz CT molecular complexity index is 750. The summed E-state index contributed by atoms with van der Waals surface area (Å²) in [6.07, 6.45) is 2.49. The van der Waals surface area contributed by atoms with Crippen LogP contribution in [0.2, 0.25) is 0 Å². The normalized spacial score (nSPS) is 10.5. The first-order valence-corrected chi connectivity index (χ1v) is 6.97. The summed E-state index contributed by atoms with van der Waals surface area (Å²) in [7, 11) is 3.19. The standard InChI is InChI=1S/C18H17NO4/c1-19(2)18(22)23-14-7-5-6-13(12-14)10-11-17(21)15-8-3-4-9-16(15)20/h3-12,20H,1-2H3/b11-10+. The van der Waals surface area contributed by atoms with Gasteiger partial charge in [-0.3, -0.25) is 4.79 Å². The quantitative estimate of drug-likeness (QED) is 0.694. The Kier molecular flexibility index (Phi) is 5.15. The van der Waals surface area contributed by atoms with E-state index in [0.717, 1.165) is 0 Å². The van der Waals surface area contributed by atoms with E-state index in [2.05, 4.69) is 0 Å². The number of amides is 1. The summed E-state index contributed by atoms with van der Waals surface area (Å²) in [5.74, 6) is 0.0236. The first-order chi connectivity index (χ1) is 11.0. The first-order valence-electron chi connectivity index (χ1n) is 6.97. The van der Waals surface area contributed by atoms with Crippen LogP contribution in [-0.4, -0.2) is 36.0 Å². The van der Waals surface area contributed by atoms with Gasteiger partial charge in [-0.05, 0) is 35.9 Å². The molecule has 1 amide bonds. The van der Waals surface area contributed by atoms with Crippen LogP contribution in [0.3, 0.4) is 0 Å². The van der Waals surface area contributed by atoms with Gasteiger partial charge in [0.05, 0.1) is 5.56 Å². The number of ether oxygens (including phenoxy) is 1. The minimum Gasteiger partial charge on any atom is -0.507 e. The van der Waals surface area contributed by atoms with Gasteiger partial charge in [-0.2, -0.15) is 0 Å². The highest BCUT2D eigenvalue weighted by Gasteiger charge is 2.08. The van der Waals surface area contributed by atoms with E-state index < -0.39 is 6.09 Å². The van der Waals surface area contributed by atoms with Gasteiger partial charge < -0.3 is 14.7 Å².